The number of rotatable bonds is 2. The molecule has 2 aromatic heterocycles. The molecular formula is C8H2Cl6N4O2. The van der Waals surface area contributed by atoms with E-state index in [-0.39, 0.29) is 23.6 Å². The van der Waals surface area contributed by atoms with E-state index in [4.69, 9.17) is 78.4 Å². The van der Waals surface area contributed by atoms with Crippen molar-refractivity contribution in [3.8, 4) is 0 Å². The SMILES string of the molecule is ClC(Cl)(Cl)c1nnc(/C=C/c2nnc(C(Cl)(Cl)Cl)o2)o1. The van der Waals surface area contributed by atoms with Crippen LogP contribution in [0.25, 0.3) is 12.2 Å². The van der Waals surface area contributed by atoms with E-state index in [1.165, 1.54) is 12.2 Å². The molecule has 0 radical (unpaired) electrons. The van der Waals surface area contributed by atoms with Gasteiger partial charge in [0.05, 0.1) is 0 Å². The molecule has 108 valence electrons. The monoisotopic (exact) mass is 396 g/mol. The third kappa shape index (κ3) is 4.13. The number of aromatic nitrogens is 4. The van der Waals surface area contributed by atoms with Crippen molar-refractivity contribution in [1.29, 1.82) is 0 Å². The predicted molar refractivity (Wildman–Crippen MR) is 76.0 cm³/mol. The van der Waals surface area contributed by atoms with E-state index in [0.717, 1.165) is 0 Å². The lowest BCUT2D eigenvalue weighted by Crippen LogP contribution is -1.99. The van der Waals surface area contributed by atoms with Crippen LogP contribution in [0.2, 0.25) is 0 Å². The summed E-state index contributed by atoms with van der Waals surface area (Å²) < 4.78 is 6.54. The third-order valence-electron chi connectivity index (χ3n) is 1.73. The van der Waals surface area contributed by atoms with E-state index in [9.17, 15) is 0 Å². The Bertz CT molecular complexity index is 571. The Labute approximate surface area is 141 Å². The topological polar surface area (TPSA) is 77.8 Å². The zero-order valence-corrected chi connectivity index (χ0v) is 13.6. The van der Waals surface area contributed by atoms with Gasteiger partial charge in [-0.3, -0.25) is 0 Å². The number of nitrogens with zero attached hydrogens (tertiary/aromatic N) is 4. The molecule has 0 amide bonds. The van der Waals surface area contributed by atoms with Gasteiger partial charge in [0.1, 0.15) is 0 Å². The van der Waals surface area contributed by atoms with Crippen molar-refractivity contribution in [2.24, 2.45) is 0 Å². The second-order valence-electron chi connectivity index (χ2n) is 3.22. The maximum absolute atomic E-state index is 5.57. The number of halogens is 6. The van der Waals surface area contributed by atoms with Gasteiger partial charge in [0.25, 0.3) is 19.4 Å². The summed E-state index contributed by atoms with van der Waals surface area (Å²) in [6, 6.07) is 0. The van der Waals surface area contributed by atoms with Crippen LogP contribution in [-0.4, -0.2) is 20.4 Å². The Morgan fingerprint density at radius 1 is 0.650 bits per heavy atom. The fraction of sp³-hybridized carbons (Fsp3) is 0.250. The Kier molecular flexibility index (Phi) is 4.73. The van der Waals surface area contributed by atoms with Gasteiger partial charge in [-0.1, -0.05) is 69.6 Å². The average Bonchev–Trinajstić information content (AvgIpc) is 2.94. The van der Waals surface area contributed by atoms with Crippen molar-refractivity contribution in [3.63, 3.8) is 0 Å². The van der Waals surface area contributed by atoms with Gasteiger partial charge in [-0.05, 0) is 0 Å². The van der Waals surface area contributed by atoms with E-state index in [2.05, 4.69) is 20.4 Å². The van der Waals surface area contributed by atoms with Crippen LogP contribution in [0.1, 0.15) is 23.6 Å². The summed E-state index contributed by atoms with van der Waals surface area (Å²) in [7, 11) is 0. The van der Waals surface area contributed by atoms with Gasteiger partial charge in [-0.15, -0.1) is 20.4 Å². The molecule has 0 atom stereocenters. The van der Waals surface area contributed by atoms with Gasteiger partial charge < -0.3 is 8.83 Å². The van der Waals surface area contributed by atoms with Gasteiger partial charge in [0.2, 0.25) is 11.8 Å². The highest BCUT2D eigenvalue weighted by molar-refractivity contribution is 6.66. The largest absolute Gasteiger partial charge is 0.417 e. The van der Waals surface area contributed by atoms with Crippen molar-refractivity contribution >= 4 is 81.8 Å². The Hall–Kier alpha value is -0.240. The summed E-state index contributed by atoms with van der Waals surface area (Å²) in [5.74, 6) is -0.204. The molecule has 20 heavy (non-hydrogen) atoms. The average molecular weight is 399 g/mol. The molecular weight excluding hydrogens is 397 g/mol. The van der Waals surface area contributed by atoms with E-state index in [1.54, 1.807) is 0 Å². The number of hydrogen-bond acceptors (Lipinski definition) is 6. The molecule has 0 aliphatic carbocycles. The van der Waals surface area contributed by atoms with Crippen LogP contribution in [0.4, 0.5) is 0 Å². The molecule has 0 spiro atoms. The molecule has 0 N–H and O–H groups in total. The van der Waals surface area contributed by atoms with E-state index in [0.29, 0.717) is 0 Å². The molecule has 6 nitrogen and oxygen atoms in total. The van der Waals surface area contributed by atoms with Crippen molar-refractivity contribution < 1.29 is 8.83 Å². The normalized spacial score (nSPS) is 13.3. The molecule has 0 aliphatic heterocycles. The lowest BCUT2D eigenvalue weighted by atomic mass is 10.5. The molecule has 0 unspecified atom stereocenters. The summed E-state index contributed by atoms with van der Waals surface area (Å²) in [4.78, 5) is 0. The van der Waals surface area contributed by atoms with Gasteiger partial charge in [0, 0.05) is 12.2 Å². The minimum absolute atomic E-state index is 0.0694. The van der Waals surface area contributed by atoms with Gasteiger partial charge in [-0.25, -0.2) is 0 Å². The number of alkyl halides is 6. The minimum Gasteiger partial charge on any atom is -0.417 e. The van der Waals surface area contributed by atoms with Crippen molar-refractivity contribution in [3.05, 3.63) is 23.6 Å². The maximum atomic E-state index is 5.57. The van der Waals surface area contributed by atoms with Crippen LogP contribution < -0.4 is 0 Å². The minimum atomic E-state index is -1.80. The smallest absolute Gasteiger partial charge is 0.268 e. The second kappa shape index (κ2) is 5.87. The molecule has 2 rings (SSSR count). The summed E-state index contributed by atoms with van der Waals surface area (Å²) in [6.45, 7) is 0. The lowest BCUT2D eigenvalue weighted by Gasteiger charge is -2.01. The van der Waals surface area contributed by atoms with Gasteiger partial charge in [-0.2, -0.15) is 0 Å². The zero-order valence-electron chi connectivity index (χ0n) is 9.03. The van der Waals surface area contributed by atoms with E-state index in [1.807, 2.05) is 0 Å². The van der Waals surface area contributed by atoms with Gasteiger partial charge >= 0.3 is 0 Å². The zero-order chi connectivity index (χ0) is 15.0. The summed E-state index contributed by atoms with van der Waals surface area (Å²) in [6.07, 6.45) is 2.73. The maximum Gasteiger partial charge on any atom is 0.268 e. The lowest BCUT2D eigenvalue weighted by molar-refractivity contribution is 0.489. The molecule has 0 saturated heterocycles. The quantitative estimate of drug-likeness (QED) is 0.703. The summed E-state index contributed by atoms with van der Waals surface area (Å²) in [5, 5.41) is 14.4. The molecule has 0 fully saturated rings. The highest BCUT2D eigenvalue weighted by Gasteiger charge is 2.31. The molecule has 0 aliphatic rings. The van der Waals surface area contributed by atoms with Crippen molar-refractivity contribution in [2.75, 3.05) is 0 Å². The molecule has 12 heteroatoms. The van der Waals surface area contributed by atoms with Crippen LogP contribution in [0.3, 0.4) is 0 Å². The molecule has 0 aromatic carbocycles. The Morgan fingerprint density at radius 3 is 1.25 bits per heavy atom. The highest BCUT2D eigenvalue weighted by Crippen LogP contribution is 2.38. The van der Waals surface area contributed by atoms with Crippen LogP contribution in [0.15, 0.2) is 8.83 Å². The van der Waals surface area contributed by atoms with Crippen molar-refractivity contribution in [2.45, 2.75) is 7.59 Å². The van der Waals surface area contributed by atoms with Crippen molar-refractivity contribution in [1.82, 2.24) is 20.4 Å². The first kappa shape index (κ1) is 16.1. The first-order chi connectivity index (χ1) is 9.16. The molecule has 2 aromatic rings. The third-order valence-corrected chi connectivity index (χ3v) is 2.70. The fourth-order valence-corrected chi connectivity index (χ4v) is 1.43. The van der Waals surface area contributed by atoms with Gasteiger partial charge in [0.15, 0.2) is 0 Å². The second-order valence-corrected chi connectivity index (χ2v) is 7.78. The number of hydrogen-bond donors (Lipinski definition) is 0. The molecule has 2 heterocycles. The summed E-state index contributed by atoms with van der Waals surface area (Å²) in [5.41, 5.74) is 0. The molecule has 0 bridgehead atoms. The van der Waals surface area contributed by atoms with E-state index < -0.39 is 7.59 Å². The first-order valence-corrected chi connectivity index (χ1v) is 6.92. The van der Waals surface area contributed by atoms with Crippen LogP contribution >= 0.6 is 69.6 Å². The standard InChI is InChI=1S/C8H2Cl6N4O2/c9-7(10,11)5-17-15-3(19-5)1-2-4-16-18-6(20-4)8(12,13)14/h1-2H/b2-1+. The Morgan fingerprint density at radius 2 is 1.00 bits per heavy atom. The highest BCUT2D eigenvalue weighted by atomic mass is 35.6. The predicted octanol–water partition coefficient (Wildman–Crippen LogP) is 4.28. The summed E-state index contributed by atoms with van der Waals surface area (Å²) >= 11 is 33.4. The molecule has 0 saturated carbocycles. The first-order valence-electron chi connectivity index (χ1n) is 4.66. The Balaban J connectivity index is 2.14. The van der Waals surface area contributed by atoms with Crippen LogP contribution in [0.5, 0.6) is 0 Å². The van der Waals surface area contributed by atoms with E-state index >= 15 is 0 Å². The van der Waals surface area contributed by atoms with Crippen LogP contribution in [-0.2, 0) is 7.59 Å². The fourth-order valence-electron chi connectivity index (χ4n) is 0.976. The van der Waals surface area contributed by atoms with Crippen LogP contribution in [0, 0.1) is 0 Å².